The van der Waals surface area contributed by atoms with E-state index >= 15 is 0 Å². The van der Waals surface area contributed by atoms with Crippen LogP contribution in [0, 0.1) is 0 Å². The van der Waals surface area contributed by atoms with Crippen molar-refractivity contribution in [2.45, 2.75) is 20.1 Å². The summed E-state index contributed by atoms with van der Waals surface area (Å²) >= 11 is 1.47. The normalized spacial score (nSPS) is 11.1. The summed E-state index contributed by atoms with van der Waals surface area (Å²) in [5.74, 6) is 0.229. The Morgan fingerprint density at radius 2 is 1.89 bits per heavy atom. The first kappa shape index (κ1) is 14.0. The molecule has 0 aliphatic rings. The number of thiazole rings is 1. The van der Waals surface area contributed by atoms with Crippen molar-refractivity contribution in [1.29, 1.82) is 0 Å². The van der Waals surface area contributed by atoms with Crippen LogP contribution in [0.25, 0.3) is 10.6 Å². The van der Waals surface area contributed by atoms with Crippen LogP contribution in [-0.4, -0.2) is 23.3 Å². The van der Waals surface area contributed by atoms with E-state index in [0.29, 0.717) is 13.2 Å². The van der Waals surface area contributed by atoms with E-state index in [1.165, 1.54) is 11.3 Å². The van der Waals surface area contributed by atoms with E-state index in [-0.39, 0.29) is 12.0 Å². The van der Waals surface area contributed by atoms with Gasteiger partial charge < -0.3 is 14.6 Å². The summed E-state index contributed by atoms with van der Waals surface area (Å²) < 4.78 is 11.1. The highest BCUT2D eigenvalue weighted by atomic mass is 32.1. The predicted molar refractivity (Wildman–Crippen MR) is 75.2 cm³/mol. The van der Waals surface area contributed by atoms with E-state index in [0.717, 1.165) is 15.4 Å². The van der Waals surface area contributed by atoms with Crippen LogP contribution in [0.15, 0.2) is 30.5 Å². The molecule has 0 aliphatic heterocycles. The number of para-hydroxylation sites is 1. The van der Waals surface area contributed by atoms with Gasteiger partial charge in [0.15, 0.2) is 6.29 Å². The quantitative estimate of drug-likeness (QED) is 0.821. The summed E-state index contributed by atoms with van der Waals surface area (Å²) in [6.45, 7) is 5.01. The second kappa shape index (κ2) is 6.65. The zero-order valence-electron chi connectivity index (χ0n) is 11.0. The van der Waals surface area contributed by atoms with E-state index in [9.17, 15) is 5.11 Å². The number of benzene rings is 1. The van der Waals surface area contributed by atoms with Crippen molar-refractivity contribution in [3.8, 4) is 16.3 Å². The number of rotatable bonds is 6. The largest absolute Gasteiger partial charge is 0.507 e. The Balaban J connectivity index is 2.25. The minimum Gasteiger partial charge on any atom is -0.507 e. The Morgan fingerprint density at radius 3 is 2.53 bits per heavy atom. The Kier molecular flexibility index (Phi) is 4.90. The van der Waals surface area contributed by atoms with Gasteiger partial charge in [-0.15, -0.1) is 11.3 Å². The molecule has 19 heavy (non-hydrogen) atoms. The number of nitrogens with zero attached hydrogens (tertiary/aromatic N) is 1. The molecule has 4 nitrogen and oxygen atoms in total. The molecule has 102 valence electrons. The summed E-state index contributed by atoms with van der Waals surface area (Å²) in [6.07, 6.45) is 1.36. The van der Waals surface area contributed by atoms with Gasteiger partial charge in [-0.3, -0.25) is 0 Å². The van der Waals surface area contributed by atoms with Crippen molar-refractivity contribution < 1.29 is 14.6 Å². The van der Waals surface area contributed by atoms with Gasteiger partial charge in [-0.1, -0.05) is 12.1 Å². The van der Waals surface area contributed by atoms with Gasteiger partial charge in [0, 0.05) is 19.4 Å². The first-order valence-corrected chi connectivity index (χ1v) is 7.05. The fourth-order valence-corrected chi connectivity index (χ4v) is 2.64. The van der Waals surface area contributed by atoms with Crippen LogP contribution in [0.2, 0.25) is 0 Å². The Bertz CT molecular complexity index is 521. The lowest BCUT2D eigenvalue weighted by Crippen LogP contribution is -2.06. The van der Waals surface area contributed by atoms with Crippen LogP contribution in [0.1, 0.15) is 25.0 Å². The molecular formula is C14H17NO3S. The lowest BCUT2D eigenvalue weighted by Gasteiger charge is -2.14. The van der Waals surface area contributed by atoms with Gasteiger partial charge in [0.25, 0.3) is 0 Å². The van der Waals surface area contributed by atoms with Crippen LogP contribution >= 0.6 is 11.3 Å². The molecular weight excluding hydrogens is 262 g/mol. The van der Waals surface area contributed by atoms with Gasteiger partial charge >= 0.3 is 0 Å². The molecule has 1 aromatic heterocycles. The zero-order chi connectivity index (χ0) is 13.7. The lowest BCUT2D eigenvalue weighted by molar-refractivity contribution is -0.138. The van der Waals surface area contributed by atoms with E-state index < -0.39 is 0 Å². The first-order valence-electron chi connectivity index (χ1n) is 6.23. The first-order chi connectivity index (χ1) is 9.26. The average molecular weight is 279 g/mol. The van der Waals surface area contributed by atoms with Crippen molar-refractivity contribution in [3.63, 3.8) is 0 Å². The number of phenols is 1. The highest BCUT2D eigenvalue weighted by Gasteiger charge is 2.16. The summed E-state index contributed by atoms with van der Waals surface area (Å²) in [5.41, 5.74) is 0.727. The summed E-state index contributed by atoms with van der Waals surface area (Å²) in [5, 5.41) is 10.6. The average Bonchev–Trinajstić information content (AvgIpc) is 2.88. The van der Waals surface area contributed by atoms with E-state index in [2.05, 4.69) is 4.98 Å². The second-order valence-corrected chi connectivity index (χ2v) is 4.89. The Hall–Kier alpha value is -1.43. The molecule has 0 unspecified atom stereocenters. The molecule has 0 spiro atoms. The van der Waals surface area contributed by atoms with Crippen LogP contribution in [0.5, 0.6) is 5.75 Å². The molecule has 1 aromatic carbocycles. The van der Waals surface area contributed by atoms with Crippen LogP contribution in [0.3, 0.4) is 0 Å². The van der Waals surface area contributed by atoms with Gasteiger partial charge in [-0.25, -0.2) is 4.98 Å². The van der Waals surface area contributed by atoms with Crippen molar-refractivity contribution in [1.82, 2.24) is 4.98 Å². The van der Waals surface area contributed by atoms with Crippen molar-refractivity contribution in [2.75, 3.05) is 13.2 Å². The minimum atomic E-state index is -0.382. The highest BCUT2D eigenvalue weighted by molar-refractivity contribution is 7.15. The van der Waals surface area contributed by atoms with Gasteiger partial charge in [0.1, 0.15) is 10.8 Å². The fraction of sp³-hybridized carbons (Fsp3) is 0.357. The lowest BCUT2D eigenvalue weighted by atomic mass is 10.2. The maximum atomic E-state index is 9.82. The Morgan fingerprint density at radius 1 is 1.21 bits per heavy atom. The Labute approximate surface area is 116 Å². The number of hydrogen-bond acceptors (Lipinski definition) is 5. The highest BCUT2D eigenvalue weighted by Crippen LogP contribution is 2.35. The predicted octanol–water partition coefficient (Wildman–Crippen LogP) is 3.59. The smallest absolute Gasteiger partial charge is 0.194 e. The fourth-order valence-electron chi connectivity index (χ4n) is 1.69. The van der Waals surface area contributed by atoms with Gasteiger partial charge in [0.05, 0.1) is 10.4 Å². The van der Waals surface area contributed by atoms with Crippen LogP contribution in [0.4, 0.5) is 0 Å². The standard InChI is InChI=1S/C14H17NO3S/c1-3-17-14(18-4-2)12-9-15-13(19-12)10-7-5-6-8-11(10)16/h5-9,14,16H,3-4H2,1-2H3. The molecule has 0 bridgehead atoms. The number of ether oxygens (including phenoxy) is 2. The zero-order valence-corrected chi connectivity index (χ0v) is 11.8. The topological polar surface area (TPSA) is 51.6 Å². The van der Waals surface area contributed by atoms with Crippen molar-refractivity contribution in [3.05, 3.63) is 35.3 Å². The molecule has 0 aliphatic carbocycles. The van der Waals surface area contributed by atoms with E-state index in [1.807, 2.05) is 26.0 Å². The molecule has 0 atom stereocenters. The third-order valence-corrected chi connectivity index (χ3v) is 3.58. The maximum absolute atomic E-state index is 9.82. The molecule has 2 aromatic rings. The maximum Gasteiger partial charge on any atom is 0.194 e. The number of aromatic nitrogens is 1. The molecule has 0 saturated carbocycles. The number of aromatic hydroxyl groups is 1. The molecule has 1 heterocycles. The summed E-state index contributed by atoms with van der Waals surface area (Å²) in [7, 11) is 0. The van der Waals surface area contributed by atoms with Crippen LogP contribution < -0.4 is 0 Å². The summed E-state index contributed by atoms with van der Waals surface area (Å²) in [4.78, 5) is 5.24. The number of hydrogen-bond donors (Lipinski definition) is 1. The molecule has 0 saturated heterocycles. The number of phenolic OH excluding ortho intramolecular Hbond substituents is 1. The van der Waals surface area contributed by atoms with Gasteiger partial charge in [0.2, 0.25) is 0 Å². The minimum absolute atomic E-state index is 0.229. The molecule has 5 heteroatoms. The van der Waals surface area contributed by atoms with Gasteiger partial charge in [-0.2, -0.15) is 0 Å². The van der Waals surface area contributed by atoms with E-state index in [4.69, 9.17) is 9.47 Å². The van der Waals surface area contributed by atoms with E-state index in [1.54, 1.807) is 18.3 Å². The second-order valence-electron chi connectivity index (χ2n) is 3.83. The van der Waals surface area contributed by atoms with Crippen LogP contribution in [-0.2, 0) is 9.47 Å². The molecule has 1 N–H and O–H groups in total. The molecule has 0 fully saturated rings. The monoisotopic (exact) mass is 279 g/mol. The molecule has 2 rings (SSSR count). The van der Waals surface area contributed by atoms with Crippen molar-refractivity contribution in [2.24, 2.45) is 0 Å². The summed E-state index contributed by atoms with van der Waals surface area (Å²) in [6, 6.07) is 7.16. The van der Waals surface area contributed by atoms with Crippen molar-refractivity contribution >= 4 is 11.3 Å². The third kappa shape index (κ3) is 3.32. The SMILES string of the molecule is CCOC(OCC)c1cnc(-c2ccccc2O)s1. The molecule has 0 radical (unpaired) electrons. The molecule has 0 amide bonds. The van der Waals surface area contributed by atoms with Gasteiger partial charge in [-0.05, 0) is 26.0 Å². The third-order valence-electron chi connectivity index (χ3n) is 2.53.